The lowest BCUT2D eigenvalue weighted by atomic mass is 10.2. The molecule has 0 spiro atoms. The van der Waals surface area contributed by atoms with Crippen LogP contribution in [0.3, 0.4) is 0 Å². The van der Waals surface area contributed by atoms with Crippen LogP contribution in [0, 0.1) is 0 Å². The molecule has 2 aromatic rings. The summed E-state index contributed by atoms with van der Waals surface area (Å²) in [5.41, 5.74) is 0. The molecule has 0 saturated carbocycles. The van der Waals surface area contributed by atoms with Crippen LogP contribution in [-0.4, -0.2) is 64.1 Å². The fourth-order valence-electron chi connectivity index (χ4n) is 3.10. The molecule has 3 heterocycles. The molecule has 1 aliphatic heterocycles. The van der Waals surface area contributed by atoms with Gasteiger partial charge in [-0.15, -0.1) is 0 Å². The van der Waals surface area contributed by atoms with Gasteiger partial charge < -0.3 is 20.3 Å². The van der Waals surface area contributed by atoms with Crippen LogP contribution >= 0.6 is 0 Å². The summed E-state index contributed by atoms with van der Waals surface area (Å²) >= 11 is 0. The number of aromatic nitrogens is 5. The summed E-state index contributed by atoms with van der Waals surface area (Å²) in [6.07, 6.45) is 3.41. The average molecular weight is 332 g/mol. The van der Waals surface area contributed by atoms with Crippen LogP contribution in [-0.2, 0) is 11.8 Å². The van der Waals surface area contributed by atoms with Gasteiger partial charge in [-0.05, 0) is 13.0 Å². The van der Waals surface area contributed by atoms with Gasteiger partial charge in [0.15, 0.2) is 0 Å². The van der Waals surface area contributed by atoms with E-state index in [9.17, 15) is 0 Å². The number of nitrogens with one attached hydrogen (secondary N) is 2. The minimum atomic E-state index is 0.0775. The van der Waals surface area contributed by atoms with Crippen molar-refractivity contribution in [2.75, 3.05) is 37.5 Å². The Kier molecular flexibility index (Phi) is 4.91. The number of hydrogen-bond donors (Lipinski definition) is 2. The molecule has 130 valence electrons. The maximum atomic E-state index is 5.67. The van der Waals surface area contributed by atoms with Gasteiger partial charge in [0.05, 0.1) is 18.2 Å². The average Bonchev–Trinajstić information content (AvgIpc) is 3.21. The second-order valence-electron chi connectivity index (χ2n) is 5.90. The molecule has 24 heavy (non-hydrogen) atoms. The molecule has 9 heteroatoms. The molecule has 0 amide bonds. The Morgan fingerprint density at radius 3 is 2.83 bits per heavy atom. The molecule has 0 aromatic carbocycles. The summed E-state index contributed by atoms with van der Waals surface area (Å²) in [5.74, 6) is 2.42. The molecule has 3 atom stereocenters. The molecule has 9 nitrogen and oxygen atoms in total. The summed E-state index contributed by atoms with van der Waals surface area (Å²) in [5, 5.41) is 10.7. The highest BCUT2D eigenvalue weighted by Gasteiger charge is 2.35. The number of ether oxygens (including phenoxy) is 1. The summed E-state index contributed by atoms with van der Waals surface area (Å²) in [4.78, 5) is 15.2. The van der Waals surface area contributed by atoms with E-state index in [-0.39, 0.29) is 18.2 Å². The van der Waals surface area contributed by atoms with E-state index in [2.05, 4.69) is 42.5 Å². The number of hydrogen-bond acceptors (Lipinski definition) is 8. The number of nitrogens with zero attached hydrogens (tertiary/aromatic N) is 6. The van der Waals surface area contributed by atoms with Gasteiger partial charge in [0, 0.05) is 40.5 Å². The zero-order valence-electron chi connectivity index (χ0n) is 14.5. The van der Waals surface area contributed by atoms with E-state index in [0.29, 0.717) is 5.95 Å². The first-order valence-electron chi connectivity index (χ1n) is 8.01. The number of rotatable bonds is 6. The van der Waals surface area contributed by atoms with Crippen LogP contribution in [0.5, 0.6) is 0 Å². The van der Waals surface area contributed by atoms with E-state index in [0.717, 1.165) is 24.7 Å². The first-order valence-corrected chi connectivity index (χ1v) is 8.01. The summed E-state index contributed by atoms with van der Waals surface area (Å²) in [6.45, 7) is 3.67. The molecule has 1 saturated heterocycles. The number of anilines is 2. The molecule has 0 radical (unpaired) electrons. The van der Waals surface area contributed by atoms with Crippen molar-refractivity contribution < 1.29 is 4.74 Å². The zero-order valence-corrected chi connectivity index (χ0v) is 14.5. The second kappa shape index (κ2) is 7.10. The number of aryl methyl sites for hydroxylation is 1. The van der Waals surface area contributed by atoms with Crippen LogP contribution < -0.4 is 15.5 Å². The highest BCUT2D eigenvalue weighted by Crippen LogP contribution is 2.22. The molecular formula is C15H24N8O. The minimum absolute atomic E-state index is 0.0775. The standard InChI is InChI=1S/C15H24N8O/c1-10(14-18-9-19-22(14)3)20-11-7-23(8-12(11)24-4)13-5-6-17-15(16-2)21-13/h5-6,9-12,20H,7-8H2,1-4H3,(H,16,17,21)/t10?,11-,12+/m1/s1. The summed E-state index contributed by atoms with van der Waals surface area (Å²) < 4.78 is 7.46. The Bertz CT molecular complexity index is 675. The molecular weight excluding hydrogens is 308 g/mol. The van der Waals surface area contributed by atoms with Crippen molar-refractivity contribution in [3.05, 3.63) is 24.4 Å². The highest BCUT2D eigenvalue weighted by atomic mass is 16.5. The summed E-state index contributed by atoms with van der Waals surface area (Å²) in [6, 6.07) is 2.18. The Labute approximate surface area is 141 Å². The quantitative estimate of drug-likeness (QED) is 0.775. The van der Waals surface area contributed by atoms with Crippen molar-refractivity contribution in [2.24, 2.45) is 7.05 Å². The molecule has 3 rings (SSSR count). The first kappa shape index (κ1) is 16.6. The predicted octanol–water partition coefficient (Wildman–Crippen LogP) is 0.201. The van der Waals surface area contributed by atoms with E-state index < -0.39 is 0 Å². The van der Waals surface area contributed by atoms with Crippen molar-refractivity contribution in [3.63, 3.8) is 0 Å². The predicted molar refractivity (Wildman–Crippen MR) is 90.9 cm³/mol. The Morgan fingerprint density at radius 1 is 1.33 bits per heavy atom. The molecule has 2 aromatic heterocycles. The van der Waals surface area contributed by atoms with Crippen molar-refractivity contribution in [3.8, 4) is 0 Å². The maximum absolute atomic E-state index is 5.67. The van der Waals surface area contributed by atoms with E-state index >= 15 is 0 Å². The van der Waals surface area contributed by atoms with Crippen LogP contribution in [0.2, 0.25) is 0 Å². The normalized spacial score (nSPS) is 21.9. The third-order valence-electron chi connectivity index (χ3n) is 4.36. The van der Waals surface area contributed by atoms with Crippen LogP contribution in [0.15, 0.2) is 18.6 Å². The van der Waals surface area contributed by atoms with E-state index in [1.54, 1.807) is 24.3 Å². The third-order valence-corrected chi connectivity index (χ3v) is 4.36. The molecule has 1 unspecified atom stereocenters. The maximum Gasteiger partial charge on any atom is 0.224 e. The lowest BCUT2D eigenvalue weighted by Crippen LogP contribution is -2.42. The van der Waals surface area contributed by atoms with Gasteiger partial charge in [-0.1, -0.05) is 0 Å². The Balaban J connectivity index is 1.71. The van der Waals surface area contributed by atoms with E-state index in [1.165, 1.54) is 0 Å². The zero-order chi connectivity index (χ0) is 17.1. The van der Waals surface area contributed by atoms with Crippen LogP contribution in [0.25, 0.3) is 0 Å². The van der Waals surface area contributed by atoms with Gasteiger partial charge in [0.25, 0.3) is 0 Å². The highest BCUT2D eigenvalue weighted by molar-refractivity contribution is 5.44. The molecule has 0 bridgehead atoms. The SMILES string of the molecule is CNc1nccc(N2C[C@H](OC)[C@H](NC(C)c3ncnn3C)C2)n1. The second-order valence-corrected chi connectivity index (χ2v) is 5.90. The lowest BCUT2D eigenvalue weighted by molar-refractivity contribution is 0.0933. The Morgan fingerprint density at radius 2 is 2.17 bits per heavy atom. The summed E-state index contributed by atoms with van der Waals surface area (Å²) in [7, 11) is 5.46. The minimum Gasteiger partial charge on any atom is -0.378 e. The van der Waals surface area contributed by atoms with E-state index in [1.807, 2.05) is 20.2 Å². The molecule has 1 fully saturated rings. The smallest absolute Gasteiger partial charge is 0.224 e. The molecule has 1 aliphatic rings. The van der Waals surface area contributed by atoms with Gasteiger partial charge in [-0.25, -0.2) is 9.97 Å². The van der Waals surface area contributed by atoms with Crippen molar-refractivity contribution in [2.45, 2.75) is 25.1 Å². The van der Waals surface area contributed by atoms with Crippen molar-refractivity contribution in [1.29, 1.82) is 0 Å². The van der Waals surface area contributed by atoms with Gasteiger partial charge >= 0.3 is 0 Å². The monoisotopic (exact) mass is 332 g/mol. The van der Waals surface area contributed by atoms with Crippen molar-refractivity contribution in [1.82, 2.24) is 30.0 Å². The Hall–Kier alpha value is -2.26. The van der Waals surface area contributed by atoms with Crippen LogP contribution in [0.4, 0.5) is 11.8 Å². The van der Waals surface area contributed by atoms with Crippen LogP contribution in [0.1, 0.15) is 18.8 Å². The lowest BCUT2D eigenvalue weighted by Gasteiger charge is -2.22. The number of methoxy groups -OCH3 is 1. The van der Waals surface area contributed by atoms with Gasteiger partial charge in [0.1, 0.15) is 18.0 Å². The van der Waals surface area contributed by atoms with E-state index in [4.69, 9.17) is 4.74 Å². The largest absolute Gasteiger partial charge is 0.378 e. The fourth-order valence-corrected chi connectivity index (χ4v) is 3.10. The fraction of sp³-hybridized carbons (Fsp3) is 0.600. The third kappa shape index (κ3) is 3.31. The van der Waals surface area contributed by atoms with Gasteiger partial charge in [0.2, 0.25) is 5.95 Å². The van der Waals surface area contributed by atoms with Gasteiger partial charge in [-0.2, -0.15) is 10.1 Å². The van der Waals surface area contributed by atoms with Crippen molar-refractivity contribution >= 4 is 11.8 Å². The van der Waals surface area contributed by atoms with Gasteiger partial charge in [-0.3, -0.25) is 4.68 Å². The molecule has 2 N–H and O–H groups in total. The first-order chi connectivity index (χ1) is 11.6. The topological polar surface area (TPSA) is 93.0 Å². The molecule has 0 aliphatic carbocycles.